The first-order chi connectivity index (χ1) is 16.0. The second kappa shape index (κ2) is 9.87. The Bertz CT molecular complexity index is 1440. The van der Waals surface area contributed by atoms with Crippen LogP contribution >= 0.6 is 15.9 Å². The second-order valence-corrected chi connectivity index (χ2v) is 8.23. The van der Waals surface area contributed by atoms with Crippen LogP contribution in [0.4, 0.5) is 0 Å². The third kappa shape index (κ3) is 5.06. The largest absolute Gasteiger partial charge is 0.490 e. The average Bonchev–Trinajstić information content (AvgIpc) is 2.80. The van der Waals surface area contributed by atoms with E-state index in [4.69, 9.17) is 9.47 Å². The van der Waals surface area contributed by atoms with Crippen LogP contribution in [-0.4, -0.2) is 22.5 Å². The van der Waals surface area contributed by atoms with Gasteiger partial charge in [0.25, 0.3) is 5.56 Å². The lowest BCUT2D eigenvalue weighted by molar-refractivity contribution is 0.267. The number of nitrogens with one attached hydrogen (secondary N) is 1. The monoisotopic (exact) mass is 507 g/mol. The lowest BCUT2D eigenvalue weighted by Crippen LogP contribution is -2.32. The summed E-state index contributed by atoms with van der Waals surface area (Å²) >= 11 is 3.54. The van der Waals surface area contributed by atoms with Crippen molar-refractivity contribution in [3.05, 3.63) is 103 Å². The molecule has 1 heterocycles. The van der Waals surface area contributed by atoms with Crippen LogP contribution in [0.2, 0.25) is 0 Å². The van der Waals surface area contributed by atoms with E-state index in [1.54, 1.807) is 36.4 Å². The maximum Gasteiger partial charge on any atom is 0.349 e. The highest BCUT2D eigenvalue weighted by Gasteiger charge is 2.13. The molecular formula is C25H22BrN3O4. The molecular weight excluding hydrogens is 486 g/mol. The summed E-state index contributed by atoms with van der Waals surface area (Å²) in [6.07, 6.45) is 1.43. The van der Waals surface area contributed by atoms with E-state index >= 15 is 0 Å². The molecule has 168 valence electrons. The molecule has 33 heavy (non-hydrogen) atoms. The number of para-hydroxylation sites is 1. The Morgan fingerprint density at radius 2 is 1.82 bits per heavy atom. The first-order valence-corrected chi connectivity index (χ1v) is 11.2. The quantitative estimate of drug-likeness (QED) is 0.369. The van der Waals surface area contributed by atoms with Gasteiger partial charge >= 0.3 is 5.69 Å². The molecule has 0 amide bonds. The molecule has 0 saturated heterocycles. The van der Waals surface area contributed by atoms with E-state index in [0.717, 1.165) is 10.2 Å². The fourth-order valence-corrected chi connectivity index (χ4v) is 3.86. The zero-order valence-electron chi connectivity index (χ0n) is 18.2. The number of aromatic nitrogens is 2. The lowest BCUT2D eigenvalue weighted by Gasteiger charge is -2.15. The van der Waals surface area contributed by atoms with Gasteiger partial charge < -0.3 is 14.5 Å². The molecule has 0 bridgehead atoms. The number of aromatic amines is 1. The van der Waals surface area contributed by atoms with Gasteiger partial charge in [0.1, 0.15) is 6.61 Å². The fourth-order valence-electron chi connectivity index (χ4n) is 3.29. The fraction of sp³-hybridized carbons (Fsp3) is 0.160. The van der Waals surface area contributed by atoms with E-state index in [-0.39, 0.29) is 0 Å². The Kier molecular flexibility index (Phi) is 6.74. The number of hydrogen-bond donors (Lipinski definition) is 1. The summed E-state index contributed by atoms with van der Waals surface area (Å²) in [7, 11) is 0. The summed E-state index contributed by atoms with van der Waals surface area (Å²) in [5.41, 5.74) is 2.21. The molecule has 3 aromatic carbocycles. The number of ether oxygens (including phenoxy) is 2. The molecule has 0 saturated carbocycles. The van der Waals surface area contributed by atoms with Crippen LogP contribution in [0.3, 0.4) is 0 Å². The topological polar surface area (TPSA) is 85.7 Å². The number of halogens is 1. The first-order valence-electron chi connectivity index (χ1n) is 10.4. The Labute approximate surface area is 198 Å². The minimum Gasteiger partial charge on any atom is -0.490 e. The summed E-state index contributed by atoms with van der Waals surface area (Å²) in [6, 6.07) is 18.4. The number of aryl methyl sites for hydroxylation is 1. The van der Waals surface area contributed by atoms with Gasteiger partial charge in [0.2, 0.25) is 0 Å². The Morgan fingerprint density at radius 1 is 1.06 bits per heavy atom. The molecule has 0 unspecified atom stereocenters. The maximum atomic E-state index is 12.7. The van der Waals surface area contributed by atoms with Gasteiger partial charge in [0.15, 0.2) is 11.5 Å². The van der Waals surface area contributed by atoms with Gasteiger partial charge in [-0.25, -0.2) is 4.79 Å². The number of hydrogen-bond acceptors (Lipinski definition) is 5. The van der Waals surface area contributed by atoms with Crippen molar-refractivity contribution in [2.24, 2.45) is 5.10 Å². The standard InChI is InChI=1S/C25H22BrN3O4/c1-3-32-22-13-18(12-20(26)23(22)33-15-17-10-8-16(2)9-11-17)14-27-29-24(30)19-6-4-5-7-21(19)28-25(29)31/h4-14H,3,15H2,1-2H3,(H,28,31). The van der Waals surface area contributed by atoms with Gasteiger partial charge in [-0.05, 0) is 65.2 Å². The van der Waals surface area contributed by atoms with Crippen LogP contribution < -0.4 is 20.7 Å². The molecule has 0 radical (unpaired) electrons. The number of nitrogens with zero attached hydrogens (tertiary/aromatic N) is 2. The second-order valence-electron chi connectivity index (χ2n) is 7.37. The van der Waals surface area contributed by atoms with E-state index in [9.17, 15) is 9.59 Å². The van der Waals surface area contributed by atoms with E-state index < -0.39 is 11.2 Å². The van der Waals surface area contributed by atoms with Crippen LogP contribution in [0.5, 0.6) is 11.5 Å². The van der Waals surface area contributed by atoms with E-state index in [1.165, 1.54) is 11.8 Å². The molecule has 0 atom stereocenters. The molecule has 0 aliphatic heterocycles. The highest BCUT2D eigenvalue weighted by atomic mass is 79.9. The molecule has 4 rings (SSSR count). The molecule has 0 spiro atoms. The number of fused-ring (bicyclic) bond motifs is 1. The van der Waals surface area contributed by atoms with Gasteiger partial charge in [-0.1, -0.05) is 42.0 Å². The minimum atomic E-state index is -0.614. The van der Waals surface area contributed by atoms with Gasteiger partial charge in [0.05, 0.1) is 28.2 Å². The zero-order valence-corrected chi connectivity index (χ0v) is 19.8. The van der Waals surface area contributed by atoms with Crippen molar-refractivity contribution in [1.29, 1.82) is 0 Å². The van der Waals surface area contributed by atoms with Crippen LogP contribution in [0.25, 0.3) is 10.9 Å². The van der Waals surface area contributed by atoms with Gasteiger partial charge in [-0.3, -0.25) is 4.79 Å². The molecule has 8 heteroatoms. The number of H-pyrrole nitrogens is 1. The normalized spacial score (nSPS) is 11.2. The number of rotatable bonds is 7. The van der Waals surface area contributed by atoms with Crippen LogP contribution in [0.1, 0.15) is 23.6 Å². The lowest BCUT2D eigenvalue weighted by atomic mass is 10.1. The van der Waals surface area contributed by atoms with Crippen molar-refractivity contribution in [3.63, 3.8) is 0 Å². The minimum absolute atomic E-state index is 0.380. The highest BCUT2D eigenvalue weighted by molar-refractivity contribution is 9.10. The van der Waals surface area contributed by atoms with Crippen molar-refractivity contribution in [2.75, 3.05) is 6.61 Å². The molecule has 4 aromatic rings. The molecule has 0 aliphatic rings. The summed E-state index contributed by atoms with van der Waals surface area (Å²) < 4.78 is 13.3. The Morgan fingerprint density at radius 3 is 2.58 bits per heavy atom. The molecule has 0 aliphatic carbocycles. The SMILES string of the molecule is CCOc1cc(C=Nn2c(=O)[nH]c3ccccc3c2=O)cc(Br)c1OCc1ccc(C)cc1. The molecule has 0 fully saturated rings. The van der Waals surface area contributed by atoms with E-state index in [1.807, 2.05) is 38.1 Å². The van der Waals surface area contributed by atoms with E-state index in [2.05, 4.69) is 26.0 Å². The smallest absolute Gasteiger partial charge is 0.349 e. The highest BCUT2D eigenvalue weighted by Crippen LogP contribution is 2.37. The summed E-state index contributed by atoms with van der Waals surface area (Å²) in [6.45, 7) is 4.74. The average molecular weight is 508 g/mol. The van der Waals surface area contributed by atoms with Crippen molar-refractivity contribution in [1.82, 2.24) is 9.66 Å². The third-order valence-electron chi connectivity index (χ3n) is 4.94. The number of benzene rings is 3. The summed E-state index contributed by atoms with van der Waals surface area (Å²) in [5.74, 6) is 1.09. The van der Waals surface area contributed by atoms with Crippen molar-refractivity contribution < 1.29 is 9.47 Å². The van der Waals surface area contributed by atoms with Crippen LogP contribution in [-0.2, 0) is 6.61 Å². The predicted molar refractivity (Wildman–Crippen MR) is 133 cm³/mol. The Balaban J connectivity index is 1.64. The predicted octanol–water partition coefficient (Wildman–Crippen LogP) is 4.62. The van der Waals surface area contributed by atoms with Crippen molar-refractivity contribution >= 4 is 33.0 Å². The van der Waals surface area contributed by atoms with Gasteiger partial charge in [-0.2, -0.15) is 5.10 Å². The van der Waals surface area contributed by atoms with Crippen LogP contribution in [0, 0.1) is 6.92 Å². The third-order valence-corrected chi connectivity index (χ3v) is 5.53. The van der Waals surface area contributed by atoms with Crippen molar-refractivity contribution in [2.45, 2.75) is 20.5 Å². The van der Waals surface area contributed by atoms with E-state index in [0.29, 0.717) is 45.7 Å². The summed E-state index contributed by atoms with van der Waals surface area (Å²) in [4.78, 5) is 27.7. The Hall–Kier alpha value is -3.65. The first kappa shape index (κ1) is 22.5. The molecule has 1 N–H and O–H groups in total. The molecule has 7 nitrogen and oxygen atoms in total. The van der Waals surface area contributed by atoms with Crippen LogP contribution in [0.15, 0.2) is 79.8 Å². The van der Waals surface area contributed by atoms with Gasteiger partial charge in [-0.15, -0.1) is 4.68 Å². The molecule has 1 aromatic heterocycles. The van der Waals surface area contributed by atoms with Gasteiger partial charge in [0, 0.05) is 0 Å². The zero-order chi connectivity index (χ0) is 23.4. The van der Waals surface area contributed by atoms with Crippen molar-refractivity contribution in [3.8, 4) is 11.5 Å². The summed E-state index contributed by atoms with van der Waals surface area (Å²) in [5, 5.41) is 4.50. The maximum absolute atomic E-state index is 12.7.